The molecule has 1 aromatic carbocycles. The third-order valence-corrected chi connectivity index (χ3v) is 2.66. The predicted molar refractivity (Wildman–Crippen MR) is 57.0 cm³/mol. The molecule has 1 heteroatoms. The fraction of sp³-hybridized carbons (Fsp3) is 0.333. The summed E-state index contributed by atoms with van der Waals surface area (Å²) in [6.07, 6.45) is 4.59. The summed E-state index contributed by atoms with van der Waals surface area (Å²) in [7, 11) is 0. The highest BCUT2D eigenvalue weighted by Gasteiger charge is 2.21. The van der Waals surface area contributed by atoms with Crippen LogP contribution in [0.5, 0.6) is 0 Å². The number of hydrogen-bond acceptors (Lipinski definition) is 1. The Morgan fingerprint density at radius 2 is 2.08 bits per heavy atom. The molecule has 0 radical (unpaired) electrons. The summed E-state index contributed by atoms with van der Waals surface area (Å²) in [5.41, 5.74) is 1.32. The molecule has 2 rings (SSSR count). The highest BCUT2D eigenvalue weighted by molar-refractivity contribution is 5.49. The van der Waals surface area contributed by atoms with Gasteiger partial charge in [0.15, 0.2) is 0 Å². The average Bonchev–Trinajstić information content (AvgIpc) is 2.67. The van der Waals surface area contributed by atoms with E-state index in [4.69, 9.17) is 0 Å². The van der Waals surface area contributed by atoms with Gasteiger partial charge in [-0.25, -0.2) is 0 Å². The molecule has 1 atom stereocenters. The Kier molecular flexibility index (Phi) is 2.35. The Balaban J connectivity index is 2.21. The number of anilines is 1. The molecular formula is C12H15N. The van der Waals surface area contributed by atoms with Gasteiger partial charge in [0.1, 0.15) is 0 Å². The molecule has 0 aliphatic carbocycles. The van der Waals surface area contributed by atoms with Crippen molar-refractivity contribution in [2.45, 2.75) is 18.9 Å². The van der Waals surface area contributed by atoms with Gasteiger partial charge in [-0.3, -0.25) is 0 Å². The van der Waals surface area contributed by atoms with Crippen LogP contribution < -0.4 is 4.90 Å². The lowest BCUT2D eigenvalue weighted by atomic mass is 10.2. The average molecular weight is 173 g/mol. The molecule has 1 fully saturated rings. The molecule has 1 aliphatic rings. The Labute approximate surface area is 79.7 Å². The summed E-state index contributed by atoms with van der Waals surface area (Å²) in [6, 6.07) is 11.1. The fourth-order valence-electron chi connectivity index (χ4n) is 1.98. The van der Waals surface area contributed by atoms with Gasteiger partial charge in [0.05, 0.1) is 0 Å². The summed E-state index contributed by atoms with van der Waals surface area (Å²) < 4.78 is 0. The van der Waals surface area contributed by atoms with Crippen molar-refractivity contribution in [3.63, 3.8) is 0 Å². The third-order valence-electron chi connectivity index (χ3n) is 2.66. The van der Waals surface area contributed by atoms with Gasteiger partial charge < -0.3 is 4.90 Å². The summed E-state index contributed by atoms with van der Waals surface area (Å²) in [5, 5.41) is 0. The van der Waals surface area contributed by atoms with E-state index >= 15 is 0 Å². The molecule has 1 nitrogen and oxygen atoms in total. The van der Waals surface area contributed by atoms with Gasteiger partial charge in [0.25, 0.3) is 0 Å². The number of nitrogens with zero attached hydrogens (tertiary/aromatic N) is 1. The van der Waals surface area contributed by atoms with Crippen LogP contribution in [0.3, 0.4) is 0 Å². The molecule has 0 amide bonds. The Hall–Kier alpha value is -1.24. The first-order valence-electron chi connectivity index (χ1n) is 4.86. The quantitative estimate of drug-likeness (QED) is 0.622. The van der Waals surface area contributed by atoms with Gasteiger partial charge in [-0.2, -0.15) is 0 Å². The van der Waals surface area contributed by atoms with Crippen molar-refractivity contribution in [1.29, 1.82) is 0 Å². The largest absolute Gasteiger partial charge is 0.365 e. The van der Waals surface area contributed by atoms with Crippen LogP contribution in [-0.2, 0) is 0 Å². The van der Waals surface area contributed by atoms with E-state index in [9.17, 15) is 0 Å². The lowest BCUT2D eigenvalue weighted by Gasteiger charge is -2.24. The van der Waals surface area contributed by atoms with Crippen molar-refractivity contribution in [3.8, 4) is 0 Å². The molecule has 0 spiro atoms. The van der Waals surface area contributed by atoms with Crippen LogP contribution in [-0.4, -0.2) is 12.6 Å². The van der Waals surface area contributed by atoms with Crippen molar-refractivity contribution >= 4 is 5.69 Å². The van der Waals surface area contributed by atoms with Crippen LogP contribution in [0.15, 0.2) is 43.0 Å². The van der Waals surface area contributed by atoms with Gasteiger partial charge in [-0.15, -0.1) is 6.58 Å². The molecular weight excluding hydrogens is 158 g/mol. The van der Waals surface area contributed by atoms with E-state index < -0.39 is 0 Å². The maximum atomic E-state index is 3.88. The highest BCUT2D eigenvalue weighted by atomic mass is 15.2. The van der Waals surface area contributed by atoms with E-state index in [2.05, 4.69) is 47.9 Å². The molecule has 1 heterocycles. The van der Waals surface area contributed by atoms with Gasteiger partial charge in [0.2, 0.25) is 0 Å². The number of para-hydroxylation sites is 1. The second-order valence-corrected chi connectivity index (χ2v) is 3.47. The van der Waals surface area contributed by atoms with Crippen LogP contribution in [0.1, 0.15) is 12.8 Å². The standard InChI is InChI=1S/C12H15N/c1-2-11-9-6-10-13(11)12-7-4-3-5-8-12/h2-5,7-8,11H,1,6,9-10H2/t11-/m0/s1. The van der Waals surface area contributed by atoms with Crippen molar-refractivity contribution < 1.29 is 0 Å². The summed E-state index contributed by atoms with van der Waals surface area (Å²) in [6.45, 7) is 5.04. The molecule has 0 N–H and O–H groups in total. The van der Waals surface area contributed by atoms with Crippen LogP contribution in [0.25, 0.3) is 0 Å². The zero-order valence-electron chi connectivity index (χ0n) is 7.82. The highest BCUT2D eigenvalue weighted by Crippen LogP contribution is 2.25. The van der Waals surface area contributed by atoms with Crippen LogP contribution in [0, 0.1) is 0 Å². The van der Waals surface area contributed by atoms with Gasteiger partial charge >= 0.3 is 0 Å². The van der Waals surface area contributed by atoms with Crippen LogP contribution >= 0.6 is 0 Å². The van der Waals surface area contributed by atoms with Gasteiger partial charge in [0, 0.05) is 18.3 Å². The topological polar surface area (TPSA) is 3.24 Å². The Morgan fingerprint density at radius 3 is 2.77 bits per heavy atom. The smallest absolute Gasteiger partial charge is 0.0471 e. The fourth-order valence-corrected chi connectivity index (χ4v) is 1.98. The normalized spacial score (nSPS) is 21.8. The van der Waals surface area contributed by atoms with Crippen molar-refractivity contribution in [2.75, 3.05) is 11.4 Å². The molecule has 1 aromatic rings. The van der Waals surface area contributed by atoms with E-state index in [0.717, 1.165) is 0 Å². The zero-order chi connectivity index (χ0) is 9.10. The van der Waals surface area contributed by atoms with Crippen LogP contribution in [0.4, 0.5) is 5.69 Å². The minimum absolute atomic E-state index is 0.544. The molecule has 1 saturated heterocycles. The minimum atomic E-state index is 0.544. The van der Waals surface area contributed by atoms with E-state index in [1.165, 1.54) is 25.1 Å². The lowest BCUT2D eigenvalue weighted by Crippen LogP contribution is -2.26. The third kappa shape index (κ3) is 1.59. The second-order valence-electron chi connectivity index (χ2n) is 3.47. The van der Waals surface area contributed by atoms with Crippen molar-refractivity contribution in [1.82, 2.24) is 0 Å². The molecule has 0 saturated carbocycles. The summed E-state index contributed by atoms with van der Waals surface area (Å²) >= 11 is 0. The first kappa shape index (κ1) is 8.36. The minimum Gasteiger partial charge on any atom is -0.365 e. The van der Waals surface area contributed by atoms with Gasteiger partial charge in [-0.1, -0.05) is 24.3 Å². The molecule has 13 heavy (non-hydrogen) atoms. The summed E-state index contributed by atoms with van der Waals surface area (Å²) in [5.74, 6) is 0. The number of rotatable bonds is 2. The number of benzene rings is 1. The zero-order valence-corrected chi connectivity index (χ0v) is 7.82. The van der Waals surface area contributed by atoms with E-state index in [-0.39, 0.29) is 0 Å². The van der Waals surface area contributed by atoms with Crippen molar-refractivity contribution in [3.05, 3.63) is 43.0 Å². The van der Waals surface area contributed by atoms with Gasteiger partial charge in [-0.05, 0) is 25.0 Å². The van der Waals surface area contributed by atoms with E-state index in [1.54, 1.807) is 0 Å². The van der Waals surface area contributed by atoms with Crippen LogP contribution in [0.2, 0.25) is 0 Å². The van der Waals surface area contributed by atoms with Crippen molar-refractivity contribution in [2.24, 2.45) is 0 Å². The lowest BCUT2D eigenvalue weighted by molar-refractivity contribution is 0.807. The molecule has 1 aliphatic heterocycles. The molecule has 68 valence electrons. The van der Waals surface area contributed by atoms with E-state index in [0.29, 0.717) is 6.04 Å². The van der Waals surface area contributed by atoms with E-state index in [1.807, 2.05) is 0 Å². The first-order chi connectivity index (χ1) is 6.42. The number of hydrogen-bond donors (Lipinski definition) is 0. The maximum Gasteiger partial charge on any atom is 0.0471 e. The molecule has 0 bridgehead atoms. The molecule has 0 unspecified atom stereocenters. The predicted octanol–water partition coefficient (Wildman–Crippen LogP) is 2.84. The SMILES string of the molecule is C=C[C@H]1CCCN1c1ccccc1. The second kappa shape index (κ2) is 3.65. The Morgan fingerprint density at radius 1 is 1.31 bits per heavy atom. The maximum absolute atomic E-state index is 3.88. The summed E-state index contributed by atoms with van der Waals surface area (Å²) in [4.78, 5) is 2.42. The first-order valence-corrected chi connectivity index (χ1v) is 4.86. The Bertz CT molecular complexity index is 278. The molecule has 0 aromatic heterocycles. The monoisotopic (exact) mass is 173 g/mol.